The molecule has 2 N–H and O–H groups in total. The minimum absolute atomic E-state index is 0.0259. The number of aryl methyl sites for hydroxylation is 1. The van der Waals surface area contributed by atoms with Gasteiger partial charge in [-0.15, -0.1) is 0 Å². The number of anilines is 1. The van der Waals surface area contributed by atoms with E-state index >= 15 is 0 Å². The van der Waals surface area contributed by atoms with Crippen LogP contribution in [-0.4, -0.2) is 6.03 Å². The van der Waals surface area contributed by atoms with E-state index in [2.05, 4.69) is 16.7 Å². The Hall–Kier alpha value is -2.75. The number of nitrogens with one attached hydrogen (secondary N) is 2. The lowest BCUT2D eigenvalue weighted by Crippen LogP contribution is -2.34. The van der Waals surface area contributed by atoms with Crippen molar-refractivity contribution in [2.24, 2.45) is 0 Å². The maximum absolute atomic E-state index is 12.3. The molecular weight excluding hydrogens is 288 g/mol. The maximum Gasteiger partial charge on any atom is 0.319 e. The van der Waals surface area contributed by atoms with Crippen molar-refractivity contribution in [3.63, 3.8) is 0 Å². The molecule has 0 aliphatic heterocycles. The van der Waals surface area contributed by atoms with Crippen LogP contribution in [0, 0.1) is 0 Å². The van der Waals surface area contributed by atoms with Crippen molar-refractivity contribution in [2.75, 3.05) is 5.32 Å². The minimum Gasteiger partial charge on any atom is -0.469 e. The number of benzene rings is 2. The normalized spacial score (nSPS) is 16.8. The van der Waals surface area contributed by atoms with Gasteiger partial charge in [0, 0.05) is 17.7 Å². The second kappa shape index (κ2) is 5.80. The molecule has 0 saturated heterocycles. The van der Waals surface area contributed by atoms with E-state index in [1.165, 1.54) is 0 Å². The molecular formula is C19H18N2O2. The van der Waals surface area contributed by atoms with E-state index in [9.17, 15) is 4.79 Å². The van der Waals surface area contributed by atoms with Crippen LogP contribution in [0.2, 0.25) is 0 Å². The van der Waals surface area contributed by atoms with E-state index < -0.39 is 0 Å². The number of urea groups is 1. The predicted octanol–water partition coefficient (Wildman–Crippen LogP) is 4.63. The average Bonchev–Trinajstić information content (AvgIpc) is 3.04. The Morgan fingerprint density at radius 1 is 1.09 bits per heavy atom. The fraction of sp³-hybridized carbons (Fsp3) is 0.211. The summed E-state index contributed by atoms with van der Waals surface area (Å²) in [5.74, 6) is 0.993. The monoisotopic (exact) mass is 306 g/mol. The van der Waals surface area contributed by atoms with Gasteiger partial charge in [0.15, 0.2) is 0 Å². The fourth-order valence-electron chi connectivity index (χ4n) is 3.23. The van der Waals surface area contributed by atoms with Crippen LogP contribution in [0.3, 0.4) is 0 Å². The van der Waals surface area contributed by atoms with Gasteiger partial charge >= 0.3 is 6.03 Å². The summed E-state index contributed by atoms with van der Waals surface area (Å²) in [6.07, 6.45) is 4.62. The SMILES string of the molecule is O=C(Nc1ccc2ccccc2c1)NC1CCCc2occc21. The molecule has 2 aromatic carbocycles. The van der Waals surface area contributed by atoms with Crippen LogP contribution >= 0.6 is 0 Å². The van der Waals surface area contributed by atoms with Gasteiger partial charge < -0.3 is 15.1 Å². The van der Waals surface area contributed by atoms with Gasteiger partial charge in [0.2, 0.25) is 0 Å². The van der Waals surface area contributed by atoms with Crippen molar-refractivity contribution in [3.05, 3.63) is 66.1 Å². The van der Waals surface area contributed by atoms with Gasteiger partial charge in [0.05, 0.1) is 12.3 Å². The molecule has 1 aromatic heterocycles. The standard InChI is InChI=1S/C19H18N2O2/c22-19(21-17-6-3-7-18-16(17)10-11-23-18)20-15-9-8-13-4-1-2-5-14(13)12-15/h1-2,4-5,8-12,17H,3,6-7H2,(H2,20,21,22). The first kappa shape index (κ1) is 13.9. The molecule has 0 spiro atoms. The van der Waals surface area contributed by atoms with Crippen molar-refractivity contribution in [1.29, 1.82) is 0 Å². The Morgan fingerprint density at radius 3 is 2.87 bits per heavy atom. The van der Waals surface area contributed by atoms with E-state index in [4.69, 9.17) is 4.42 Å². The van der Waals surface area contributed by atoms with E-state index in [0.29, 0.717) is 0 Å². The maximum atomic E-state index is 12.3. The van der Waals surface area contributed by atoms with E-state index in [1.807, 2.05) is 42.5 Å². The van der Waals surface area contributed by atoms with Crippen LogP contribution in [0.1, 0.15) is 30.2 Å². The molecule has 1 aliphatic rings. The fourth-order valence-corrected chi connectivity index (χ4v) is 3.23. The topological polar surface area (TPSA) is 54.3 Å². The highest BCUT2D eigenvalue weighted by Gasteiger charge is 2.23. The van der Waals surface area contributed by atoms with Crippen molar-refractivity contribution < 1.29 is 9.21 Å². The zero-order valence-corrected chi connectivity index (χ0v) is 12.7. The number of carbonyl (C=O) groups is 1. The Kier molecular flexibility index (Phi) is 3.50. The van der Waals surface area contributed by atoms with Crippen molar-refractivity contribution >= 4 is 22.5 Å². The van der Waals surface area contributed by atoms with Crippen LogP contribution < -0.4 is 10.6 Å². The molecule has 0 radical (unpaired) electrons. The van der Waals surface area contributed by atoms with E-state index in [-0.39, 0.29) is 12.1 Å². The van der Waals surface area contributed by atoms with Gasteiger partial charge in [-0.05, 0) is 41.8 Å². The largest absolute Gasteiger partial charge is 0.469 e. The third-order valence-electron chi connectivity index (χ3n) is 4.36. The summed E-state index contributed by atoms with van der Waals surface area (Å²) < 4.78 is 5.46. The molecule has 1 unspecified atom stereocenters. The highest BCUT2D eigenvalue weighted by molar-refractivity contribution is 5.93. The Balaban J connectivity index is 1.48. The zero-order valence-electron chi connectivity index (χ0n) is 12.7. The Labute approximate surface area is 134 Å². The predicted molar refractivity (Wildman–Crippen MR) is 90.5 cm³/mol. The molecule has 4 rings (SSSR count). The van der Waals surface area contributed by atoms with Gasteiger partial charge in [-0.25, -0.2) is 4.79 Å². The van der Waals surface area contributed by atoms with Crippen LogP contribution in [-0.2, 0) is 6.42 Å². The summed E-state index contributed by atoms with van der Waals surface area (Å²) in [6.45, 7) is 0. The molecule has 116 valence electrons. The second-order valence-electron chi connectivity index (χ2n) is 5.90. The van der Waals surface area contributed by atoms with Gasteiger partial charge in [0.1, 0.15) is 5.76 Å². The molecule has 0 saturated carbocycles. The number of rotatable bonds is 2. The lowest BCUT2D eigenvalue weighted by atomic mass is 9.93. The second-order valence-corrected chi connectivity index (χ2v) is 5.90. The molecule has 0 fully saturated rings. The van der Waals surface area contributed by atoms with Crippen molar-refractivity contribution in [1.82, 2.24) is 5.32 Å². The molecule has 2 amide bonds. The molecule has 3 aromatic rings. The lowest BCUT2D eigenvalue weighted by molar-refractivity contribution is 0.246. The third kappa shape index (κ3) is 2.80. The molecule has 4 heteroatoms. The number of fused-ring (bicyclic) bond motifs is 2. The van der Waals surface area contributed by atoms with Crippen LogP contribution in [0.25, 0.3) is 10.8 Å². The molecule has 4 nitrogen and oxygen atoms in total. The van der Waals surface area contributed by atoms with Crippen LogP contribution in [0.15, 0.2) is 59.2 Å². The summed E-state index contributed by atoms with van der Waals surface area (Å²) in [5, 5.41) is 8.24. The molecule has 1 heterocycles. The summed E-state index contributed by atoms with van der Waals surface area (Å²) in [4.78, 5) is 12.3. The summed E-state index contributed by atoms with van der Waals surface area (Å²) in [6, 6.07) is 15.8. The highest BCUT2D eigenvalue weighted by atomic mass is 16.3. The Bertz CT molecular complexity index is 853. The highest BCUT2D eigenvalue weighted by Crippen LogP contribution is 2.30. The van der Waals surface area contributed by atoms with Crippen molar-refractivity contribution in [3.8, 4) is 0 Å². The van der Waals surface area contributed by atoms with Crippen molar-refractivity contribution in [2.45, 2.75) is 25.3 Å². The number of carbonyl (C=O) groups excluding carboxylic acids is 1. The smallest absolute Gasteiger partial charge is 0.319 e. The molecule has 0 bridgehead atoms. The van der Waals surface area contributed by atoms with Gasteiger partial charge in [-0.2, -0.15) is 0 Å². The number of furan rings is 1. The molecule has 1 atom stereocenters. The number of amides is 2. The van der Waals surface area contributed by atoms with E-state index in [0.717, 1.165) is 47.0 Å². The third-order valence-corrected chi connectivity index (χ3v) is 4.36. The molecule has 1 aliphatic carbocycles. The van der Waals surface area contributed by atoms with Gasteiger partial charge in [-0.1, -0.05) is 30.3 Å². The van der Waals surface area contributed by atoms with Gasteiger partial charge in [-0.3, -0.25) is 0 Å². The lowest BCUT2D eigenvalue weighted by Gasteiger charge is -2.22. The Morgan fingerprint density at radius 2 is 1.96 bits per heavy atom. The summed E-state index contributed by atoms with van der Waals surface area (Å²) in [5.41, 5.74) is 1.90. The summed E-state index contributed by atoms with van der Waals surface area (Å²) >= 11 is 0. The molecule has 23 heavy (non-hydrogen) atoms. The van der Waals surface area contributed by atoms with E-state index in [1.54, 1.807) is 6.26 Å². The zero-order chi connectivity index (χ0) is 15.6. The first-order valence-corrected chi connectivity index (χ1v) is 7.92. The average molecular weight is 306 g/mol. The van der Waals surface area contributed by atoms with Crippen LogP contribution in [0.5, 0.6) is 0 Å². The first-order valence-electron chi connectivity index (χ1n) is 7.92. The summed E-state index contributed by atoms with van der Waals surface area (Å²) in [7, 11) is 0. The van der Waals surface area contributed by atoms with Crippen LogP contribution in [0.4, 0.5) is 10.5 Å². The first-order chi connectivity index (χ1) is 11.3. The van der Waals surface area contributed by atoms with Gasteiger partial charge in [0.25, 0.3) is 0 Å². The quantitative estimate of drug-likeness (QED) is 0.725. The number of hydrogen-bond acceptors (Lipinski definition) is 2. The minimum atomic E-state index is -0.181. The number of hydrogen-bond donors (Lipinski definition) is 2.